The van der Waals surface area contributed by atoms with Gasteiger partial charge in [-0.25, -0.2) is 0 Å². The maximum atomic E-state index is 13.1. The van der Waals surface area contributed by atoms with Crippen LogP contribution in [0.5, 0.6) is 0 Å². The Labute approximate surface area is 169 Å². The van der Waals surface area contributed by atoms with Crippen molar-refractivity contribution in [1.82, 2.24) is 10.2 Å². The molecule has 28 heavy (non-hydrogen) atoms. The molecular weight excluding hydrogens is 352 g/mol. The monoisotopic (exact) mass is 388 g/mol. The van der Waals surface area contributed by atoms with Gasteiger partial charge in [-0.1, -0.05) is 37.5 Å². The van der Waals surface area contributed by atoms with Crippen molar-refractivity contribution in [3.8, 4) is 0 Å². The van der Waals surface area contributed by atoms with Crippen LogP contribution in [0.25, 0.3) is 0 Å². The number of hydrogen-bond donors (Lipinski definition) is 3. The number of amides is 1. The van der Waals surface area contributed by atoms with Gasteiger partial charge in [0.2, 0.25) is 5.91 Å². The molecule has 0 aromatic heterocycles. The van der Waals surface area contributed by atoms with Crippen LogP contribution >= 0.6 is 0 Å². The summed E-state index contributed by atoms with van der Waals surface area (Å²) in [7, 11) is 0. The highest BCUT2D eigenvalue weighted by Crippen LogP contribution is 2.43. The first kappa shape index (κ1) is 21.3. The van der Waals surface area contributed by atoms with E-state index in [1.807, 2.05) is 19.9 Å². The smallest absolute Gasteiger partial charge is 0.237 e. The van der Waals surface area contributed by atoms with Gasteiger partial charge in [0.15, 0.2) is 0 Å². The molecule has 1 unspecified atom stereocenters. The number of rotatable bonds is 6. The summed E-state index contributed by atoms with van der Waals surface area (Å²) in [5.74, 6) is 0.584. The molecule has 1 aliphatic carbocycles. The first-order valence-electron chi connectivity index (χ1n) is 10.8. The first-order valence-corrected chi connectivity index (χ1v) is 10.8. The van der Waals surface area contributed by atoms with E-state index in [1.165, 1.54) is 30.4 Å². The second-order valence-electron chi connectivity index (χ2n) is 9.13. The van der Waals surface area contributed by atoms with Crippen molar-refractivity contribution in [2.24, 2.45) is 5.92 Å². The summed E-state index contributed by atoms with van der Waals surface area (Å²) in [5.41, 5.74) is 2.55. The highest BCUT2D eigenvalue weighted by molar-refractivity contribution is 5.79. The molecule has 1 heterocycles. The lowest BCUT2D eigenvalue weighted by molar-refractivity contribution is -0.134. The van der Waals surface area contributed by atoms with Gasteiger partial charge < -0.3 is 20.4 Å². The Morgan fingerprint density at radius 2 is 2.00 bits per heavy atom. The third-order valence-electron chi connectivity index (χ3n) is 6.26. The fourth-order valence-electron chi connectivity index (χ4n) is 4.75. The molecule has 1 saturated carbocycles. The lowest BCUT2D eigenvalue weighted by atomic mass is 9.76. The van der Waals surface area contributed by atoms with E-state index in [2.05, 4.69) is 22.3 Å². The predicted octanol–water partition coefficient (Wildman–Crippen LogP) is 2.89. The van der Waals surface area contributed by atoms with Crippen molar-refractivity contribution in [2.45, 2.75) is 77.0 Å². The van der Waals surface area contributed by atoms with Gasteiger partial charge in [-0.3, -0.25) is 4.79 Å². The lowest BCUT2D eigenvalue weighted by Gasteiger charge is -2.43. The largest absolute Gasteiger partial charge is 0.392 e. The molecule has 3 rings (SSSR count). The van der Waals surface area contributed by atoms with E-state index >= 15 is 0 Å². The highest BCUT2D eigenvalue weighted by Gasteiger charge is 2.37. The van der Waals surface area contributed by atoms with Gasteiger partial charge in [0.1, 0.15) is 0 Å². The number of carbonyl (C=O) groups excluding carboxylic acids is 1. The van der Waals surface area contributed by atoms with Gasteiger partial charge in [0, 0.05) is 13.1 Å². The summed E-state index contributed by atoms with van der Waals surface area (Å²) in [5, 5.41) is 23.1. The molecule has 1 aliphatic heterocycles. The maximum Gasteiger partial charge on any atom is 0.237 e. The first-order chi connectivity index (χ1) is 13.3. The number of carbonyl (C=O) groups is 1. The molecule has 3 N–H and O–H groups in total. The average Bonchev–Trinajstić information content (AvgIpc) is 2.66. The van der Waals surface area contributed by atoms with Gasteiger partial charge in [-0.05, 0) is 62.6 Å². The molecule has 1 aromatic rings. The second kappa shape index (κ2) is 8.93. The van der Waals surface area contributed by atoms with Gasteiger partial charge in [-0.2, -0.15) is 0 Å². The Bertz CT molecular complexity index is 675. The lowest BCUT2D eigenvalue weighted by Crippen LogP contribution is -2.47. The fraction of sp³-hybridized carbons (Fsp3) is 0.696. The molecule has 0 bridgehead atoms. The van der Waals surface area contributed by atoms with Crippen molar-refractivity contribution in [1.29, 1.82) is 0 Å². The van der Waals surface area contributed by atoms with E-state index in [-0.39, 0.29) is 18.5 Å². The molecule has 0 spiro atoms. The van der Waals surface area contributed by atoms with E-state index in [4.69, 9.17) is 0 Å². The zero-order valence-electron chi connectivity index (χ0n) is 17.6. The SMILES string of the molecule is CC(O)CNCC(=O)N1CCc2ccc(C(C)(C)O)cc2[C@@H]1C1CCCCC1. The minimum Gasteiger partial charge on any atom is -0.392 e. The molecule has 2 aliphatic rings. The van der Waals surface area contributed by atoms with Crippen molar-refractivity contribution in [3.63, 3.8) is 0 Å². The van der Waals surface area contributed by atoms with Crippen LogP contribution in [-0.2, 0) is 16.8 Å². The summed E-state index contributed by atoms with van der Waals surface area (Å²) < 4.78 is 0. The molecular formula is C23H36N2O3. The molecule has 0 saturated heterocycles. The quantitative estimate of drug-likeness (QED) is 0.701. The molecule has 2 atom stereocenters. The van der Waals surface area contributed by atoms with Crippen LogP contribution in [0.3, 0.4) is 0 Å². The average molecular weight is 389 g/mol. The molecule has 1 aromatic carbocycles. The van der Waals surface area contributed by atoms with Crippen molar-refractivity contribution in [2.75, 3.05) is 19.6 Å². The van der Waals surface area contributed by atoms with E-state index in [9.17, 15) is 15.0 Å². The van der Waals surface area contributed by atoms with E-state index in [0.29, 0.717) is 12.5 Å². The summed E-state index contributed by atoms with van der Waals surface area (Å²) in [6.07, 6.45) is 6.44. The second-order valence-corrected chi connectivity index (χ2v) is 9.13. The predicted molar refractivity (Wildman–Crippen MR) is 111 cm³/mol. The van der Waals surface area contributed by atoms with Crippen molar-refractivity contribution >= 4 is 5.91 Å². The van der Waals surface area contributed by atoms with Crippen LogP contribution in [0.4, 0.5) is 0 Å². The Morgan fingerprint density at radius 1 is 1.29 bits per heavy atom. The number of fused-ring (bicyclic) bond motifs is 1. The molecule has 0 radical (unpaired) electrons. The summed E-state index contributed by atoms with van der Waals surface area (Å²) in [4.78, 5) is 15.1. The third-order valence-corrected chi connectivity index (χ3v) is 6.26. The third kappa shape index (κ3) is 4.94. The van der Waals surface area contributed by atoms with Gasteiger partial charge in [-0.15, -0.1) is 0 Å². The van der Waals surface area contributed by atoms with Crippen molar-refractivity contribution < 1.29 is 15.0 Å². The zero-order chi connectivity index (χ0) is 20.3. The number of nitrogens with one attached hydrogen (secondary N) is 1. The molecule has 5 nitrogen and oxygen atoms in total. The summed E-state index contributed by atoms with van der Waals surface area (Å²) in [6.45, 7) is 6.77. The summed E-state index contributed by atoms with van der Waals surface area (Å²) in [6, 6.07) is 6.40. The van der Waals surface area contributed by atoms with Crippen LogP contribution in [0.15, 0.2) is 18.2 Å². The molecule has 156 valence electrons. The maximum absolute atomic E-state index is 13.1. The van der Waals surface area contributed by atoms with Gasteiger partial charge in [0.25, 0.3) is 0 Å². The minimum atomic E-state index is -0.892. The standard InChI is InChI=1S/C23H36N2O3/c1-16(26)14-24-15-21(27)25-12-11-17-9-10-19(23(2,3)28)13-20(17)22(25)18-7-5-4-6-8-18/h9-10,13,16,18,22,24,26,28H,4-8,11-12,14-15H2,1-3H3/t16?,22-/m0/s1. The van der Waals surface area contributed by atoms with E-state index < -0.39 is 11.7 Å². The Hall–Kier alpha value is -1.43. The van der Waals surface area contributed by atoms with Crippen molar-refractivity contribution in [3.05, 3.63) is 34.9 Å². The zero-order valence-corrected chi connectivity index (χ0v) is 17.6. The normalized spacial score (nSPS) is 22.0. The van der Waals surface area contributed by atoms with Crippen LogP contribution in [-0.4, -0.2) is 46.8 Å². The van der Waals surface area contributed by atoms with Crippen LogP contribution in [0.1, 0.15) is 75.6 Å². The van der Waals surface area contributed by atoms with Gasteiger partial charge in [0.05, 0.1) is 24.3 Å². The fourth-order valence-corrected chi connectivity index (χ4v) is 4.75. The van der Waals surface area contributed by atoms with E-state index in [0.717, 1.165) is 31.4 Å². The van der Waals surface area contributed by atoms with Crippen LogP contribution in [0.2, 0.25) is 0 Å². The number of benzene rings is 1. The topological polar surface area (TPSA) is 72.8 Å². The van der Waals surface area contributed by atoms with E-state index in [1.54, 1.807) is 6.92 Å². The molecule has 5 heteroatoms. The Balaban J connectivity index is 1.90. The van der Waals surface area contributed by atoms with Gasteiger partial charge >= 0.3 is 0 Å². The Morgan fingerprint density at radius 3 is 2.64 bits per heavy atom. The minimum absolute atomic E-state index is 0.0900. The molecule has 1 amide bonds. The van der Waals surface area contributed by atoms with Crippen LogP contribution < -0.4 is 5.32 Å². The van der Waals surface area contributed by atoms with Crippen LogP contribution in [0, 0.1) is 5.92 Å². The number of aliphatic hydroxyl groups excluding tert-OH is 1. The number of nitrogens with zero attached hydrogens (tertiary/aromatic N) is 1. The molecule has 1 fully saturated rings. The highest BCUT2D eigenvalue weighted by atomic mass is 16.3. The Kier molecular flexibility index (Phi) is 6.79. The number of hydrogen-bond acceptors (Lipinski definition) is 4. The summed E-state index contributed by atoms with van der Waals surface area (Å²) >= 11 is 0. The number of aliphatic hydroxyl groups is 2.